The van der Waals surface area contributed by atoms with Gasteiger partial charge in [-0.3, -0.25) is 28.8 Å². The molecule has 2 aromatic heterocycles. The topological polar surface area (TPSA) is 112 Å². The normalized spacial score (nSPS) is 18.6. The highest BCUT2D eigenvalue weighted by Gasteiger charge is 2.35. The van der Waals surface area contributed by atoms with Crippen LogP contribution < -0.4 is 5.56 Å². The molecule has 2 aliphatic heterocycles. The summed E-state index contributed by atoms with van der Waals surface area (Å²) >= 11 is 12.7. The number of aryl methyl sites for hydroxylation is 1. The highest BCUT2D eigenvalue weighted by molar-refractivity contribution is 6.36. The highest BCUT2D eigenvalue weighted by atomic mass is 35.5. The van der Waals surface area contributed by atoms with Gasteiger partial charge in [-0.05, 0) is 74.4 Å². The zero-order chi connectivity index (χ0) is 32.0. The number of likely N-dealkylation sites (tertiary alicyclic amines) is 1. The first kappa shape index (κ1) is 31.1. The van der Waals surface area contributed by atoms with Crippen molar-refractivity contribution in [2.45, 2.75) is 50.7 Å². The van der Waals surface area contributed by atoms with Gasteiger partial charge in [0.1, 0.15) is 0 Å². The summed E-state index contributed by atoms with van der Waals surface area (Å²) in [6, 6.07) is 10.5. The van der Waals surface area contributed by atoms with Crippen LogP contribution in [0.3, 0.4) is 0 Å². The number of aromatic nitrogens is 3. The Hall–Kier alpha value is -3.57. The molecule has 0 unspecified atom stereocenters. The van der Waals surface area contributed by atoms with Crippen molar-refractivity contribution >= 4 is 56.8 Å². The summed E-state index contributed by atoms with van der Waals surface area (Å²) in [4.78, 5) is 54.4. The first-order valence-electron chi connectivity index (χ1n) is 15.9. The van der Waals surface area contributed by atoms with E-state index in [1.807, 2.05) is 23.1 Å². The van der Waals surface area contributed by atoms with Crippen LogP contribution in [0.25, 0.3) is 21.8 Å². The number of piperazine rings is 1. The Morgan fingerprint density at radius 1 is 0.870 bits per heavy atom. The molecule has 10 nitrogen and oxygen atoms in total. The van der Waals surface area contributed by atoms with Crippen molar-refractivity contribution in [3.63, 3.8) is 0 Å². The summed E-state index contributed by atoms with van der Waals surface area (Å²) in [7, 11) is 0. The first-order chi connectivity index (χ1) is 22.2. The number of hydrogen-bond donors (Lipinski definition) is 1. The van der Waals surface area contributed by atoms with E-state index >= 15 is 0 Å². The third kappa shape index (κ3) is 6.11. The Morgan fingerprint density at radius 3 is 2.39 bits per heavy atom. The molecule has 46 heavy (non-hydrogen) atoms. The smallest absolute Gasteiger partial charge is 0.261 e. The largest absolute Gasteiger partial charge is 0.388 e. The molecular weight excluding hydrogens is 627 g/mol. The molecule has 2 amide bonds. The number of halogens is 2. The zero-order valence-electron chi connectivity index (χ0n) is 25.6. The second kappa shape index (κ2) is 12.6. The molecular formula is C34H36Cl2N6O4. The number of fused-ring (bicyclic) bond motifs is 3. The minimum Gasteiger partial charge on any atom is -0.388 e. The van der Waals surface area contributed by atoms with Gasteiger partial charge in [-0.15, -0.1) is 0 Å². The molecule has 1 aliphatic carbocycles. The predicted octanol–water partition coefficient (Wildman–Crippen LogP) is 3.94. The Kier molecular flexibility index (Phi) is 8.48. The van der Waals surface area contributed by atoms with Crippen molar-refractivity contribution < 1.29 is 14.7 Å². The van der Waals surface area contributed by atoms with Crippen LogP contribution in [0.2, 0.25) is 10.0 Å². The molecule has 2 saturated heterocycles. The quantitative estimate of drug-likeness (QED) is 0.345. The van der Waals surface area contributed by atoms with E-state index in [0.29, 0.717) is 73.6 Å². The molecule has 0 spiro atoms. The lowest BCUT2D eigenvalue weighted by Crippen LogP contribution is -2.54. The standard InChI is InChI=1S/C34H36Cl2N6O4/c35-23-6-8-26-28(18-23)37-21-42(33(26)45)20-34(46)9-11-40(12-10-34)30(43)19-39-13-15-41(16-14-39)32(44)22-5-7-25-29(17-22)38-27-4-2-1-3-24(27)31(25)36/h5-8,17-18,21,46H,1-4,9-16,19-20H2. The number of pyridine rings is 1. The molecule has 4 heterocycles. The Balaban J connectivity index is 0.915. The zero-order valence-corrected chi connectivity index (χ0v) is 27.1. The molecule has 12 heteroatoms. The van der Waals surface area contributed by atoms with Gasteiger partial charge in [-0.25, -0.2) is 4.98 Å². The van der Waals surface area contributed by atoms with E-state index in [4.69, 9.17) is 28.2 Å². The van der Waals surface area contributed by atoms with Crippen molar-refractivity contribution in [2.75, 3.05) is 45.8 Å². The minimum absolute atomic E-state index is 0.00376. The van der Waals surface area contributed by atoms with Gasteiger partial charge in [-0.1, -0.05) is 29.3 Å². The van der Waals surface area contributed by atoms with Crippen LogP contribution in [-0.2, 0) is 24.2 Å². The van der Waals surface area contributed by atoms with Gasteiger partial charge in [0.15, 0.2) is 0 Å². The lowest BCUT2D eigenvalue weighted by molar-refractivity contribution is -0.137. The van der Waals surface area contributed by atoms with E-state index < -0.39 is 5.60 Å². The summed E-state index contributed by atoms with van der Waals surface area (Å²) in [5.74, 6) is -0.0348. The fourth-order valence-corrected chi connectivity index (χ4v) is 7.50. The highest BCUT2D eigenvalue weighted by Crippen LogP contribution is 2.33. The molecule has 0 radical (unpaired) electrons. The number of rotatable bonds is 5. The van der Waals surface area contributed by atoms with E-state index in [9.17, 15) is 19.5 Å². The lowest BCUT2D eigenvalue weighted by Gasteiger charge is -2.40. The molecule has 7 rings (SSSR count). The monoisotopic (exact) mass is 662 g/mol. The predicted molar refractivity (Wildman–Crippen MR) is 178 cm³/mol. The molecule has 4 aromatic rings. The van der Waals surface area contributed by atoms with Gasteiger partial charge in [0, 0.05) is 60.9 Å². The molecule has 2 fully saturated rings. The van der Waals surface area contributed by atoms with Crippen molar-refractivity contribution in [1.82, 2.24) is 29.2 Å². The summed E-state index contributed by atoms with van der Waals surface area (Å²) in [6.45, 7) is 3.45. The van der Waals surface area contributed by atoms with E-state index in [1.165, 1.54) is 10.9 Å². The number of nitrogens with zero attached hydrogens (tertiary/aromatic N) is 6. The van der Waals surface area contributed by atoms with Crippen LogP contribution in [0.15, 0.2) is 47.5 Å². The fourth-order valence-electron chi connectivity index (χ4n) is 6.97. The molecule has 3 aliphatic rings. The van der Waals surface area contributed by atoms with Crippen LogP contribution in [0.5, 0.6) is 0 Å². The minimum atomic E-state index is -1.11. The van der Waals surface area contributed by atoms with Crippen molar-refractivity contribution in [1.29, 1.82) is 0 Å². The number of aliphatic hydroxyl groups is 1. The number of benzene rings is 2. The SMILES string of the molecule is O=C(CN1CCN(C(=O)c2ccc3c(Cl)c4c(nc3c2)CCCC4)CC1)N1CCC(O)(Cn2cnc3cc(Cl)ccc3c2=O)CC1. The van der Waals surface area contributed by atoms with Crippen LogP contribution in [-0.4, -0.2) is 97.6 Å². The average Bonchev–Trinajstić information content (AvgIpc) is 3.06. The third-order valence-corrected chi connectivity index (χ3v) is 10.4. The molecule has 0 atom stereocenters. The van der Waals surface area contributed by atoms with Crippen molar-refractivity contribution in [3.8, 4) is 0 Å². The van der Waals surface area contributed by atoms with E-state index in [2.05, 4.69) is 9.88 Å². The van der Waals surface area contributed by atoms with E-state index in [-0.39, 0.29) is 30.5 Å². The summed E-state index contributed by atoms with van der Waals surface area (Å²) in [6.07, 6.45) is 6.27. The van der Waals surface area contributed by atoms with E-state index in [1.54, 1.807) is 23.1 Å². The fraction of sp³-hybridized carbons (Fsp3) is 0.441. The number of carbonyl (C=O) groups excluding carboxylic acids is 2. The van der Waals surface area contributed by atoms with Crippen LogP contribution in [0.1, 0.15) is 47.3 Å². The Morgan fingerprint density at radius 2 is 1.61 bits per heavy atom. The van der Waals surface area contributed by atoms with Gasteiger partial charge < -0.3 is 14.9 Å². The third-order valence-electron chi connectivity index (χ3n) is 9.76. The molecule has 0 bridgehead atoms. The maximum atomic E-state index is 13.4. The van der Waals surface area contributed by atoms with Gasteiger partial charge in [-0.2, -0.15) is 0 Å². The number of piperidine rings is 1. The first-order valence-corrected chi connectivity index (χ1v) is 16.7. The summed E-state index contributed by atoms with van der Waals surface area (Å²) in [5.41, 5.74) is 2.73. The molecule has 1 N–H and O–H groups in total. The molecule has 2 aromatic carbocycles. The maximum absolute atomic E-state index is 13.4. The second-order valence-electron chi connectivity index (χ2n) is 12.8. The van der Waals surface area contributed by atoms with E-state index in [0.717, 1.165) is 52.9 Å². The maximum Gasteiger partial charge on any atom is 0.261 e. The van der Waals surface area contributed by atoms with Crippen molar-refractivity contribution in [3.05, 3.63) is 79.9 Å². The van der Waals surface area contributed by atoms with Gasteiger partial charge in [0.2, 0.25) is 5.91 Å². The van der Waals surface area contributed by atoms with Crippen LogP contribution >= 0.6 is 23.2 Å². The average molecular weight is 664 g/mol. The van der Waals surface area contributed by atoms with Crippen LogP contribution in [0, 0.1) is 0 Å². The van der Waals surface area contributed by atoms with Gasteiger partial charge >= 0.3 is 0 Å². The van der Waals surface area contributed by atoms with Gasteiger partial charge in [0.05, 0.1) is 46.5 Å². The van der Waals surface area contributed by atoms with Gasteiger partial charge in [0.25, 0.3) is 11.5 Å². The number of hydrogen-bond acceptors (Lipinski definition) is 7. The van der Waals surface area contributed by atoms with Crippen molar-refractivity contribution in [2.24, 2.45) is 0 Å². The van der Waals surface area contributed by atoms with Crippen LogP contribution in [0.4, 0.5) is 0 Å². The Labute approximate surface area is 276 Å². The Bertz CT molecular complexity index is 1900. The molecule has 0 saturated carbocycles. The number of amides is 2. The number of carbonyl (C=O) groups is 2. The second-order valence-corrected chi connectivity index (χ2v) is 13.6. The summed E-state index contributed by atoms with van der Waals surface area (Å²) in [5, 5.41) is 13.9. The lowest BCUT2D eigenvalue weighted by atomic mass is 9.91. The summed E-state index contributed by atoms with van der Waals surface area (Å²) < 4.78 is 1.44. The molecule has 240 valence electrons.